The Morgan fingerprint density at radius 1 is 1.20 bits per heavy atom. The second kappa shape index (κ2) is 7.50. The molecule has 2 N–H and O–H groups in total. The summed E-state index contributed by atoms with van der Waals surface area (Å²) in [5, 5.41) is 0.863. The van der Waals surface area contributed by atoms with E-state index >= 15 is 0 Å². The monoisotopic (exact) mass is 406 g/mol. The van der Waals surface area contributed by atoms with Gasteiger partial charge in [-0.25, -0.2) is 4.98 Å². The van der Waals surface area contributed by atoms with Gasteiger partial charge < -0.3 is 23.8 Å². The lowest BCUT2D eigenvalue weighted by Crippen LogP contribution is -3.09. The number of hydrogen-bond acceptors (Lipinski definition) is 5. The number of aromatic nitrogens is 2. The summed E-state index contributed by atoms with van der Waals surface area (Å²) in [5.74, 6) is 2.34. The molecule has 7 heteroatoms. The number of methoxy groups -OCH3 is 2. The fourth-order valence-corrected chi connectivity index (χ4v) is 4.56. The van der Waals surface area contributed by atoms with Gasteiger partial charge in [0.25, 0.3) is 5.56 Å². The maximum atomic E-state index is 12.6. The van der Waals surface area contributed by atoms with Crippen LogP contribution in [-0.4, -0.2) is 30.7 Å². The molecule has 154 valence electrons. The number of fused-ring (bicyclic) bond motifs is 3. The molecule has 1 unspecified atom stereocenters. The number of nitrogens with zero attached hydrogens (tertiary/aromatic N) is 1. The SMILES string of the molecule is COc1ccc(OC)c([C@H]2CCC[NH+]2Cc2nc3c(oc4ccccc43)c(=O)[nH]2)c1. The van der Waals surface area contributed by atoms with Crippen LogP contribution in [0.4, 0.5) is 0 Å². The molecule has 0 saturated carbocycles. The minimum Gasteiger partial charge on any atom is -0.497 e. The van der Waals surface area contributed by atoms with Gasteiger partial charge in [-0.1, -0.05) is 12.1 Å². The lowest BCUT2D eigenvalue weighted by molar-refractivity contribution is -0.932. The molecule has 0 bridgehead atoms. The van der Waals surface area contributed by atoms with Gasteiger partial charge in [0.05, 0.1) is 26.3 Å². The fraction of sp³-hybridized carbons (Fsp3) is 0.304. The Hall–Kier alpha value is -3.32. The molecule has 0 spiro atoms. The zero-order valence-corrected chi connectivity index (χ0v) is 17.0. The first-order valence-electron chi connectivity index (χ1n) is 10.1. The van der Waals surface area contributed by atoms with Crippen molar-refractivity contribution in [1.29, 1.82) is 0 Å². The number of rotatable bonds is 5. The average Bonchev–Trinajstić information content (AvgIpc) is 3.38. The van der Waals surface area contributed by atoms with E-state index in [-0.39, 0.29) is 17.2 Å². The van der Waals surface area contributed by atoms with Gasteiger partial charge in [-0.3, -0.25) is 4.79 Å². The first-order valence-corrected chi connectivity index (χ1v) is 10.1. The summed E-state index contributed by atoms with van der Waals surface area (Å²) in [5.41, 5.74) is 2.47. The van der Waals surface area contributed by atoms with Crippen molar-refractivity contribution in [3.63, 3.8) is 0 Å². The molecule has 0 amide bonds. The van der Waals surface area contributed by atoms with Crippen molar-refractivity contribution in [2.45, 2.75) is 25.4 Å². The molecule has 1 aliphatic rings. The van der Waals surface area contributed by atoms with E-state index in [1.807, 2.05) is 36.4 Å². The van der Waals surface area contributed by atoms with Crippen LogP contribution in [0.1, 0.15) is 30.3 Å². The van der Waals surface area contributed by atoms with Gasteiger partial charge in [-0.2, -0.15) is 0 Å². The maximum absolute atomic E-state index is 12.6. The van der Waals surface area contributed by atoms with Crippen LogP contribution >= 0.6 is 0 Å². The predicted octanol–water partition coefficient (Wildman–Crippen LogP) is 2.61. The number of furan rings is 1. The Bertz CT molecular complexity index is 1280. The number of likely N-dealkylation sites (tertiary alicyclic amines) is 1. The molecule has 7 nitrogen and oxygen atoms in total. The molecule has 30 heavy (non-hydrogen) atoms. The van der Waals surface area contributed by atoms with Crippen molar-refractivity contribution >= 4 is 22.1 Å². The van der Waals surface area contributed by atoms with Crippen molar-refractivity contribution in [3.8, 4) is 11.5 Å². The van der Waals surface area contributed by atoms with E-state index < -0.39 is 0 Å². The van der Waals surface area contributed by atoms with Crippen LogP contribution < -0.4 is 19.9 Å². The molecule has 1 aliphatic heterocycles. The van der Waals surface area contributed by atoms with E-state index in [1.54, 1.807) is 14.2 Å². The number of para-hydroxylation sites is 1. The van der Waals surface area contributed by atoms with Gasteiger partial charge in [0.1, 0.15) is 35.2 Å². The van der Waals surface area contributed by atoms with Crippen LogP contribution in [0.3, 0.4) is 0 Å². The average molecular weight is 406 g/mol. The second-order valence-corrected chi connectivity index (χ2v) is 7.68. The lowest BCUT2D eigenvalue weighted by atomic mass is 10.0. The number of nitrogens with one attached hydrogen (secondary N) is 2. The molecular weight excluding hydrogens is 382 g/mol. The van der Waals surface area contributed by atoms with Gasteiger partial charge in [0.15, 0.2) is 5.82 Å². The van der Waals surface area contributed by atoms with Crippen LogP contribution in [0.2, 0.25) is 0 Å². The summed E-state index contributed by atoms with van der Waals surface area (Å²) in [6.07, 6.45) is 2.14. The minimum absolute atomic E-state index is 0.236. The summed E-state index contributed by atoms with van der Waals surface area (Å²) in [6.45, 7) is 1.62. The van der Waals surface area contributed by atoms with E-state index in [0.29, 0.717) is 23.5 Å². The number of aromatic amines is 1. The minimum atomic E-state index is -0.236. The number of hydrogen-bond donors (Lipinski definition) is 2. The quantitative estimate of drug-likeness (QED) is 0.533. The molecule has 3 heterocycles. The lowest BCUT2D eigenvalue weighted by Gasteiger charge is -2.23. The third-order valence-corrected chi connectivity index (χ3v) is 5.97. The highest BCUT2D eigenvalue weighted by Crippen LogP contribution is 2.32. The Balaban J connectivity index is 1.52. The van der Waals surface area contributed by atoms with E-state index in [4.69, 9.17) is 18.9 Å². The van der Waals surface area contributed by atoms with Crippen LogP contribution in [0, 0.1) is 0 Å². The highest BCUT2D eigenvalue weighted by Gasteiger charge is 2.33. The molecule has 2 aromatic heterocycles. The zero-order chi connectivity index (χ0) is 20.7. The summed E-state index contributed by atoms with van der Waals surface area (Å²) >= 11 is 0. The summed E-state index contributed by atoms with van der Waals surface area (Å²) in [6, 6.07) is 13.8. The Labute approximate surface area is 173 Å². The number of quaternary nitrogens is 1. The smallest absolute Gasteiger partial charge is 0.294 e. The molecule has 4 aromatic rings. The van der Waals surface area contributed by atoms with Gasteiger partial charge in [-0.05, 0) is 30.3 Å². The number of H-pyrrole nitrogens is 1. The first-order chi connectivity index (χ1) is 14.7. The van der Waals surface area contributed by atoms with Crippen molar-refractivity contribution < 1.29 is 18.8 Å². The highest BCUT2D eigenvalue weighted by atomic mass is 16.5. The largest absolute Gasteiger partial charge is 0.497 e. The maximum Gasteiger partial charge on any atom is 0.294 e. The van der Waals surface area contributed by atoms with Crippen LogP contribution in [0.15, 0.2) is 51.7 Å². The van der Waals surface area contributed by atoms with Crippen molar-refractivity contribution in [2.24, 2.45) is 0 Å². The molecule has 2 aromatic carbocycles. The van der Waals surface area contributed by atoms with Crippen LogP contribution in [0.25, 0.3) is 22.1 Å². The second-order valence-electron chi connectivity index (χ2n) is 7.68. The van der Waals surface area contributed by atoms with E-state index in [1.165, 1.54) is 4.90 Å². The Kier molecular flexibility index (Phi) is 4.67. The third kappa shape index (κ3) is 3.11. The molecule has 1 fully saturated rings. The van der Waals surface area contributed by atoms with Crippen LogP contribution in [-0.2, 0) is 6.54 Å². The summed E-state index contributed by atoms with van der Waals surface area (Å²) in [7, 11) is 3.36. The summed E-state index contributed by atoms with van der Waals surface area (Å²) < 4.78 is 16.8. The van der Waals surface area contributed by atoms with E-state index in [0.717, 1.165) is 41.8 Å². The number of benzene rings is 2. The predicted molar refractivity (Wildman–Crippen MR) is 113 cm³/mol. The zero-order valence-electron chi connectivity index (χ0n) is 17.0. The fourth-order valence-electron chi connectivity index (χ4n) is 4.56. The first kappa shape index (κ1) is 18.7. The Morgan fingerprint density at radius 3 is 2.90 bits per heavy atom. The van der Waals surface area contributed by atoms with Gasteiger partial charge in [-0.15, -0.1) is 0 Å². The molecule has 0 aliphatic carbocycles. The summed E-state index contributed by atoms with van der Waals surface area (Å²) in [4.78, 5) is 21.7. The van der Waals surface area contributed by atoms with Crippen molar-refractivity contribution in [3.05, 3.63) is 64.2 Å². The molecule has 1 saturated heterocycles. The molecule has 5 rings (SSSR count). The van der Waals surface area contributed by atoms with Gasteiger partial charge >= 0.3 is 0 Å². The number of ether oxygens (including phenoxy) is 2. The van der Waals surface area contributed by atoms with E-state index in [2.05, 4.69) is 11.1 Å². The molecule has 0 radical (unpaired) electrons. The third-order valence-electron chi connectivity index (χ3n) is 5.97. The van der Waals surface area contributed by atoms with E-state index in [9.17, 15) is 4.79 Å². The van der Waals surface area contributed by atoms with Crippen LogP contribution in [0.5, 0.6) is 11.5 Å². The molecular formula is C23H24N3O4+. The topological polar surface area (TPSA) is 81.8 Å². The molecule has 2 atom stereocenters. The van der Waals surface area contributed by atoms with Gasteiger partial charge in [0.2, 0.25) is 5.58 Å². The van der Waals surface area contributed by atoms with Gasteiger partial charge in [0, 0.05) is 18.2 Å². The highest BCUT2D eigenvalue weighted by molar-refractivity contribution is 6.01. The Morgan fingerprint density at radius 2 is 2.07 bits per heavy atom. The van der Waals surface area contributed by atoms with Crippen molar-refractivity contribution in [2.75, 3.05) is 20.8 Å². The standard InChI is InChI=1S/C23H23N3O4/c1-28-14-9-10-18(29-2)16(12-14)17-7-5-11-26(17)13-20-24-21-15-6-3-4-8-19(15)30-22(21)23(27)25-20/h3-4,6,8-10,12,17H,5,7,11,13H2,1-2H3,(H,24,25,27)/p+1/t17-/m1/s1. The van der Waals surface area contributed by atoms with Crippen molar-refractivity contribution in [1.82, 2.24) is 9.97 Å². The normalized spacial score (nSPS) is 18.9.